The Morgan fingerprint density at radius 2 is 1.66 bits per heavy atom. The molecule has 4 rings (SSSR count). The van der Waals surface area contributed by atoms with E-state index in [2.05, 4.69) is 16.3 Å². The zero-order chi connectivity index (χ0) is 20.2. The second-order valence-corrected chi connectivity index (χ2v) is 9.03. The lowest BCUT2D eigenvalue weighted by atomic mass is 10.1. The maximum atomic E-state index is 12.5. The maximum absolute atomic E-state index is 12.5. The number of carbonyl (C=O) groups is 1. The quantitative estimate of drug-likeness (QED) is 0.243. The van der Waals surface area contributed by atoms with E-state index in [0.717, 1.165) is 11.5 Å². The molecule has 0 saturated carbocycles. The molecular formula is C21H15Cl2N3OS2. The SMILES string of the molecule is O=C(CSc1nnc(Cc2cccs2)n1-c1ccc(Cl)cc1)c1ccc(Cl)cc1. The fraction of sp³-hybridized carbons (Fsp3) is 0.0952. The molecule has 8 heteroatoms. The molecule has 0 atom stereocenters. The minimum absolute atomic E-state index is 0.0112. The first-order valence-electron chi connectivity index (χ1n) is 8.74. The van der Waals surface area contributed by atoms with Crippen LogP contribution in [0.25, 0.3) is 5.69 Å². The van der Waals surface area contributed by atoms with Crippen molar-refractivity contribution in [2.45, 2.75) is 11.6 Å². The zero-order valence-electron chi connectivity index (χ0n) is 15.1. The molecule has 4 aromatic rings. The van der Waals surface area contributed by atoms with Gasteiger partial charge in [0.2, 0.25) is 0 Å². The largest absolute Gasteiger partial charge is 0.293 e. The summed E-state index contributed by atoms with van der Waals surface area (Å²) < 4.78 is 1.98. The van der Waals surface area contributed by atoms with Gasteiger partial charge in [-0.15, -0.1) is 21.5 Å². The first-order chi connectivity index (χ1) is 14.1. The third kappa shape index (κ3) is 4.90. The lowest BCUT2D eigenvalue weighted by Gasteiger charge is -2.10. The van der Waals surface area contributed by atoms with Crippen molar-refractivity contribution in [2.75, 3.05) is 5.75 Å². The first kappa shape index (κ1) is 20.2. The van der Waals surface area contributed by atoms with E-state index < -0.39 is 0 Å². The number of hydrogen-bond acceptors (Lipinski definition) is 5. The molecule has 0 bridgehead atoms. The van der Waals surface area contributed by atoms with Gasteiger partial charge in [0.1, 0.15) is 5.82 Å². The summed E-state index contributed by atoms with van der Waals surface area (Å²) in [7, 11) is 0. The Hall–Kier alpha value is -2.12. The zero-order valence-corrected chi connectivity index (χ0v) is 18.2. The van der Waals surface area contributed by atoms with Crippen LogP contribution in [0.15, 0.2) is 71.2 Å². The van der Waals surface area contributed by atoms with Gasteiger partial charge in [0.25, 0.3) is 0 Å². The van der Waals surface area contributed by atoms with E-state index in [1.807, 2.05) is 40.3 Å². The molecule has 2 heterocycles. The Bertz CT molecular complexity index is 1110. The summed E-state index contributed by atoms with van der Waals surface area (Å²) in [6.07, 6.45) is 0.666. The Balaban J connectivity index is 1.60. The predicted octanol–water partition coefficient (Wildman–Crippen LogP) is 6.20. The van der Waals surface area contributed by atoms with Crippen LogP contribution in [0.4, 0.5) is 0 Å². The number of nitrogens with zero attached hydrogens (tertiary/aromatic N) is 3. The van der Waals surface area contributed by atoms with Crippen LogP contribution in [-0.4, -0.2) is 26.3 Å². The summed E-state index contributed by atoms with van der Waals surface area (Å²) in [5.74, 6) is 1.08. The number of carbonyl (C=O) groups excluding carboxylic acids is 1. The van der Waals surface area contributed by atoms with E-state index in [1.54, 1.807) is 35.6 Å². The first-order valence-corrected chi connectivity index (χ1v) is 11.4. The molecule has 0 spiro atoms. The van der Waals surface area contributed by atoms with Crippen molar-refractivity contribution in [3.63, 3.8) is 0 Å². The van der Waals surface area contributed by atoms with Crippen molar-refractivity contribution in [1.82, 2.24) is 14.8 Å². The highest BCUT2D eigenvalue weighted by atomic mass is 35.5. The van der Waals surface area contributed by atoms with Gasteiger partial charge < -0.3 is 0 Å². The van der Waals surface area contributed by atoms with E-state index in [4.69, 9.17) is 23.2 Å². The smallest absolute Gasteiger partial charge is 0.196 e. The van der Waals surface area contributed by atoms with Crippen LogP contribution < -0.4 is 0 Å². The van der Waals surface area contributed by atoms with E-state index in [-0.39, 0.29) is 11.5 Å². The molecule has 0 radical (unpaired) electrons. The molecule has 0 aliphatic rings. The minimum Gasteiger partial charge on any atom is -0.293 e. The van der Waals surface area contributed by atoms with Gasteiger partial charge >= 0.3 is 0 Å². The lowest BCUT2D eigenvalue weighted by molar-refractivity contribution is 0.102. The number of Topliss-reactive ketones (excluding diaryl/α,β-unsaturated/α-hetero) is 1. The number of rotatable bonds is 7. The Morgan fingerprint density at radius 1 is 0.966 bits per heavy atom. The minimum atomic E-state index is 0.0112. The van der Waals surface area contributed by atoms with Crippen molar-refractivity contribution in [1.29, 1.82) is 0 Å². The molecule has 2 aromatic carbocycles. The van der Waals surface area contributed by atoms with Gasteiger partial charge in [-0.3, -0.25) is 9.36 Å². The molecule has 29 heavy (non-hydrogen) atoms. The maximum Gasteiger partial charge on any atom is 0.196 e. The van der Waals surface area contributed by atoms with Crippen LogP contribution in [-0.2, 0) is 6.42 Å². The summed E-state index contributed by atoms with van der Waals surface area (Å²) in [6, 6.07) is 18.5. The number of benzene rings is 2. The lowest BCUT2D eigenvalue weighted by Crippen LogP contribution is -2.06. The van der Waals surface area contributed by atoms with Gasteiger partial charge in [-0.2, -0.15) is 0 Å². The molecule has 0 saturated heterocycles. The second-order valence-electron chi connectivity index (χ2n) is 6.19. The average molecular weight is 460 g/mol. The van der Waals surface area contributed by atoms with Crippen molar-refractivity contribution in [2.24, 2.45) is 0 Å². The average Bonchev–Trinajstić information content (AvgIpc) is 3.38. The summed E-state index contributed by atoms with van der Waals surface area (Å²) in [4.78, 5) is 13.7. The van der Waals surface area contributed by atoms with Gasteiger partial charge in [-0.25, -0.2) is 0 Å². The van der Waals surface area contributed by atoms with E-state index in [0.29, 0.717) is 27.2 Å². The van der Waals surface area contributed by atoms with Crippen LogP contribution in [0.3, 0.4) is 0 Å². The highest BCUT2D eigenvalue weighted by Crippen LogP contribution is 2.26. The number of thioether (sulfide) groups is 1. The summed E-state index contributed by atoms with van der Waals surface area (Å²) in [5, 5.41) is 12.7. The van der Waals surface area contributed by atoms with Crippen LogP contribution in [0.1, 0.15) is 21.1 Å². The number of halogens is 2. The van der Waals surface area contributed by atoms with Crippen LogP contribution >= 0.6 is 46.3 Å². The highest BCUT2D eigenvalue weighted by molar-refractivity contribution is 7.99. The van der Waals surface area contributed by atoms with Gasteiger partial charge in [-0.1, -0.05) is 41.0 Å². The molecule has 0 fully saturated rings. The van der Waals surface area contributed by atoms with Gasteiger partial charge in [0, 0.05) is 32.6 Å². The fourth-order valence-corrected chi connectivity index (χ4v) is 4.59. The van der Waals surface area contributed by atoms with E-state index in [9.17, 15) is 4.79 Å². The van der Waals surface area contributed by atoms with Gasteiger partial charge in [0.05, 0.1) is 5.75 Å². The molecular weight excluding hydrogens is 445 g/mol. The van der Waals surface area contributed by atoms with Crippen molar-refractivity contribution in [3.8, 4) is 5.69 Å². The summed E-state index contributed by atoms with van der Waals surface area (Å²) >= 11 is 15.0. The number of ketones is 1. The van der Waals surface area contributed by atoms with Crippen LogP contribution in [0, 0.1) is 0 Å². The molecule has 4 nitrogen and oxygen atoms in total. The van der Waals surface area contributed by atoms with Crippen molar-refractivity contribution in [3.05, 3.63) is 92.4 Å². The third-order valence-corrected chi connectivity index (χ3v) is 6.51. The summed E-state index contributed by atoms with van der Waals surface area (Å²) in [6.45, 7) is 0. The van der Waals surface area contributed by atoms with E-state index in [1.165, 1.54) is 16.6 Å². The van der Waals surface area contributed by atoms with Gasteiger partial charge in [0.15, 0.2) is 10.9 Å². The monoisotopic (exact) mass is 459 g/mol. The standard InChI is InChI=1S/C21H15Cl2N3OS2/c22-15-5-3-14(4-6-15)19(27)13-29-21-25-24-20(12-18-2-1-11-28-18)26(21)17-9-7-16(23)8-10-17/h1-11H,12-13H2. The molecule has 0 unspecified atom stereocenters. The fourth-order valence-electron chi connectivity index (χ4n) is 2.78. The molecule has 0 aliphatic heterocycles. The van der Waals surface area contributed by atoms with Crippen molar-refractivity contribution >= 4 is 52.1 Å². The predicted molar refractivity (Wildman–Crippen MR) is 120 cm³/mol. The number of hydrogen-bond donors (Lipinski definition) is 0. The molecule has 0 N–H and O–H groups in total. The number of thiophene rings is 1. The molecule has 0 aliphatic carbocycles. The Labute approximate surface area is 186 Å². The second kappa shape index (κ2) is 9.13. The van der Waals surface area contributed by atoms with Crippen molar-refractivity contribution < 1.29 is 4.79 Å². The Kier molecular flexibility index (Phi) is 6.35. The summed E-state index contributed by atoms with van der Waals surface area (Å²) in [5.41, 5.74) is 1.53. The topological polar surface area (TPSA) is 47.8 Å². The molecule has 146 valence electrons. The molecule has 2 aromatic heterocycles. The number of aromatic nitrogens is 3. The third-order valence-electron chi connectivity index (χ3n) is 4.20. The van der Waals surface area contributed by atoms with Gasteiger partial charge in [-0.05, 0) is 60.0 Å². The van der Waals surface area contributed by atoms with E-state index >= 15 is 0 Å². The molecule has 0 amide bonds. The van der Waals surface area contributed by atoms with Crippen LogP contribution in [0.2, 0.25) is 10.0 Å². The highest BCUT2D eigenvalue weighted by Gasteiger charge is 2.17. The Morgan fingerprint density at radius 3 is 2.31 bits per heavy atom. The normalized spacial score (nSPS) is 11.0. The van der Waals surface area contributed by atoms with Crippen LogP contribution in [0.5, 0.6) is 0 Å².